The first-order chi connectivity index (χ1) is 14.0. The largest absolute Gasteiger partial charge is 0.360 e. The fourth-order valence-electron chi connectivity index (χ4n) is 3.17. The molecule has 0 atom stereocenters. The lowest BCUT2D eigenvalue weighted by atomic mass is 10.0. The molecular weight excluding hydrogens is 404 g/mol. The van der Waals surface area contributed by atoms with Crippen molar-refractivity contribution in [1.29, 1.82) is 0 Å². The van der Waals surface area contributed by atoms with Gasteiger partial charge >= 0.3 is 0 Å². The monoisotopic (exact) mass is 424 g/mol. The van der Waals surface area contributed by atoms with Crippen molar-refractivity contribution in [3.05, 3.63) is 76.6 Å². The van der Waals surface area contributed by atoms with Gasteiger partial charge in [-0.15, -0.1) is 10.2 Å². The molecule has 0 saturated carbocycles. The van der Waals surface area contributed by atoms with E-state index in [1.807, 2.05) is 43.3 Å². The third-order valence-corrected chi connectivity index (χ3v) is 5.76. The van der Waals surface area contributed by atoms with Crippen LogP contribution in [0.15, 0.2) is 64.3 Å². The molecule has 0 radical (unpaired) electrons. The highest BCUT2D eigenvalue weighted by atomic mass is 35.5. The molecule has 0 bridgehead atoms. The van der Waals surface area contributed by atoms with Crippen LogP contribution in [0.25, 0.3) is 17.1 Å². The minimum atomic E-state index is 0.362. The van der Waals surface area contributed by atoms with Crippen molar-refractivity contribution in [3.8, 4) is 17.1 Å². The van der Waals surface area contributed by atoms with E-state index in [0.717, 1.165) is 33.7 Å². The molecule has 0 spiro atoms. The summed E-state index contributed by atoms with van der Waals surface area (Å²) < 4.78 is 7.47. The number of thioether (sulfide) groups is 1. The van der Waals surface area contributed by atoms with E-state index >= 15 is 0 Å². The quantitative estimate of drug-likeness (QED) is 0.340. The Kier molecular flexibility index (Phi) is 5.74. The maximum Gasteiger partial charge on any atom is 0.196 e. The van der Waals surface area contributed by atoms with E-state index < -0.39 is 0 Å². The maximum atomic E-state index is 6.08. The summed E-state index contributed by atoms with van der Waals surface area (Å²) in [7, 11) is 0. The van der Waals surface area contributed by atoms with Gasteiger partial charge in [0.2, 0.25) is 0 Å². The predicted octanol–water partition coefficient (Wildman–Crippen LogP) is 6.30. The van der Waals surface area contributed by atoms with E-state index in [2.05, 4.69) is 52.0 Å². The summed E-state index contributed by atoms with van der Waals surface area (Å²) in [6.45, 7) is 6.29. The molecule has 0 fully saturated rings. The molecule has 0 aliphatic heterocycles. The Morgan fingerprint density at radius 2 is 1.83 bits per heavy atom. The van der Waals surface area contributed by atoms with E-state index in [1.165, 1.54) is 5.56 Å². The summed E-state index contributed by atoms with van der Waals surface area (Å²) in [6.07, 6.45) is 0. The summed E-state index contributed by atoms with van der Waals surface area (Å²) in [5.74, 6) is 2.59. The summed E-state index contributed by atoms with van der Waals surface area (Å²) in [5, 5.41) is 14.5. The summed E-state index contributed by atoms with van der Waals surface area (Å²) >= 11 is 7.66. The third kappa shape index (κ3) is 4.23. The number of halogens is 1. The van der Waals surface area contributed by atoms with Gasteiger partial charge in [-0.25, -0.2) is 0 Å². The molecule has 7 heteroatoms. The van der Waals surface area contributed by atoms with E-state index in [1.54, 1.807) is 11.8 Å². The first-order valence-corrected chi connectivity index (χ1v) is 10.7. The van der Waals surface area contributed by atoms with Crippen molar-refractivity contribution in [2.45, 2.75) is 37.6 Å². The van der Waals surface area contributed by atoms with Crippen molar-refractivity contribution in [3.63, 3.8) is 0 Å². The molecular formula is C22H21ClN4OS. The van der Waals surface area contributed by atoms with Crippen molar-refractivity contribution in [1.82, 2.24) is 19.9 Å². The Balaban J connectivity index is 1.81. The van der Waals surface area contributed by atoms with Gasteiger partial charge in [0, 0.05) is 16.7 Å². The van der Waals surface area contributed by atoms with Gasteiger partial charge in [-0.05, 0) is 48.7 Å². The Hall–Kier alpha value is -2.57. The Bertz CT molecular complexity index is 1120. The van der Waals surface area contributed by atoms with Crippen LogP contribution in [0.5, 0.6) is 0 Å². The number of aromatic nitrogens is 4. The van der Waals surface area contributed by atoms with Crippen LogP contribution in [0.3, 0.4) is 0 Å². The summed E-state index contributed by atoms with van der Waals surface area (Å²) in [4.78, 5) is 0. The first kappa shape index (κ1) is 19.7. The number of hydrogen-bond acceptors (Lipinski definition) is 5. The second-order valence-electron chi connectivity index (χ2n) is 7.09. The highest BCUT2D eigenvalue weighted by Crippen LogP contribution is 2.33. The van der Waals surface area contributed by atoms with Crippen LogP contribution in [-0.4, -0.2) is 19.9 Å². The van der Waals surface area contributed by atoms with E-state index in [-0.39, 0.29) is 0 Å². The zero-order valence-corrected chi connectivity index (χ0v) is 18.0. The molecule has 5 nitrogen and oxygen atoms in total. The van der Waals surface area contributed by atoms with Gasteiger partial charge in [0.05, 0.1) is 17.1 Å². The molecule has 148 valence electrons. The fourth-order valence-corrected chi connectivity index (χ4v) is 4.11. The minimum absolute atomic E-state index is 0.362. The molecule has 29 heavy (non-hydrogen) atoms. The molecule has 0 saturated heterocycles. The van der Waals surface area contributed by atoms with Crippen molar-refractivity contribution in [2.24, 2.45) is 0 Å². The molecule has 0 amide bonds. The number of hydrogen-bond donors (Lipinski definition) is 0. The maximum absolute atomic E-state index is 6.08. The van der Waals surface area contributed by atoms with Crippen LogP contribution in [0.1, 0.15) is 36.8 Å². The van der Waals surface area contributed by atoms with Crippen LogP contribution in [0.4, 0.5) is 0 Å². The molecule has 0 unspecified atom stereocenters. The first-order valence-electron chi connectivity index (χ1n) is 9.38. The molecule has 2 aromatic heterocycles. The topological polar surface area (TPSA) is 56.7 Å². The Morgan fingerprint density at radius 1 is 1.07 bits per heavy atom. The van der Waals surface area contributed by atoms with Crippen molar-refractivity contribution < 1.29 is 4.52 Å². The average Bonchev–Trinajstić information content (AvgIpc) is 3.33. The lowest BCUT2D eigenvalue weighted by Gasteiger charge is -2.16. The van der Waals surface area contributed by atoms with Crippen LogP contribution >= 0.6 is 23.4 Å². The number of para-hydroxylation sites is 1. The third-order valence-electron chi connectivity index (χ3n) is 4.56. The number of aryl methyl sites for hydroxylation is 1. The second kappa shape index (κ2) is 8.43. The van der Waals surface area contributed by atoms with Gasteiger partial charge in [-0.3, -0.25) is 4.57 Å². The lowest BCUT2D eigenvalue weighted by molar-refractivity contribution is 0.391. The lowest BCUT2D eigenvalue weighted by Crippen LogP contribution is -2.04. The van der Waals surface area contributed by atoms with Crippen LogP contribution < -0.4 is 0 Å². The number of rotatable bonds is 6. The van der Waals surface area contributed by atoms with Gasteiger partial charge in [0.25, 0.3) is 0 Å². The molecule has 0 aliphatic rings. The normalized spacial score (nSPS) is 11.3. The summed E-state index contributed by atoms with van der Waals surface area (Å²) in [5.41, 5.74) is 4.14. The zero-order chi connectivity index (χ0) is 20.4. The number of benzene rings is 2. The fraction of sp³-hybridized carbons (Fsp3) is 0.227. The summed E-state index contributed by atoms with van der Waals surface area (Å²) in [6, 6.07) is 18.0. The average molecular weight is 425 g/mol. The standard InChI is InChI=1S/C22H21ClN4OS/c1-14(2)19-6-4-5-7-20(19)27-21(16-8-10-17(23)11-9-16)24-25-22(27)29-13-18-12-15(3)26-28-18/h4-12,14H,13H2,1-3H3. The van der Waals surface area contributed by atoms with Crippen LogP contribution in [0.2, 0.25) is 5.02 Å². The Labute approximate surface area is 179 Å². The van der Waals surface area contributed by atoms with Crippen LogP contribution in [0, 0.1) is 6.92 Å². The zero-order valence-electron chi connectivity index (χ0n) is 16.5. The molecule has 2 aromatic carbocycles. The predicted molar refractivity (Wildman–Crippen MR) is 117 cm³/mol. The minimum Gasteiger partial charge on any atom is -0.360 e. The van der Waals surface area contributed by atoms with Gasteiger partial charge in [-0.2, -0.15) is 0 Å². The second-order valence-corrected chi connectivity index (χ2v) is 8.46. The number of nitrogens with zero attached hydrogens (tertiary/aromatic N) is 4. The van der Waals surface area contributed by atoms with Gasteiger partial charge in [0.1, 0.15) is 5.76 Å². The van der Waals surface area contributed by atoms with Crippen molar-refractivity contribution >= 4 is 23.4 Å². The van der Waals surface area contributed by atoms with Gasteiger partial charge in [-0.1, -0.05) is 60.6 Å². The highest BCUT2D eigenvalue weighted by molar-refractivity contribution is 7.98. The molecule has 4 aromatic rings. The van der Waals surface area contributed by atoms with E-state index in [9.17, 15) is 0 Å². The van der Waals surface area contributed by atoms with Crippen molar-refractivity contribution in [2.75, 3.05) is 0 Å². The van der Waals surface area contributed by atoms with Crippen LogP contribution in [-0.2, 0) is 5.75 Å². The smallest absolute Gasteiger partial charge is 0.196 e. The highest BCUT2D eigenvalue weighted by Gasteiger charge is 2.20. The van der Waals surface area contributed by atoms with E-state index in [4.69, 9.17) is 16.1 Å². The molecule has 0 aliphatic carbocycles. The van der Waals surface area contributed by atoms with Gasteiger partial charge in [0.15, 0.2) is 11.0 Å². The molecule has 2 heterocycles. The molecule has 4 rings (SSSR count). The van der Waals surface area contributed by atoms with E-state index in [0.29, 0.717) is 16.7 Å². The molecule has 0 N–H and O–H groups in total. The SMILES string of the molecule is Cc1cc(CSc2nnc(-c3ccc(Cl)cc3)n2-c2ccccc2C(C)C)on1. The van der Waals surface area contributed by atoms with Gasteiger partial charge < -0.3 is 4.52 Å². The Morgan fingerprint density at radius 3 is 2.52 bits per heavy atom.